The number of hydrogen-bond donors (Lipinski definition) is 1. The monoisotopic (exact) mass is 520 g/mol. The maximum absolute atomic E-state index is 13.7. The minimum atomic E-state index is -0.496. The smallest absolute Gasteiger partial charge is 0.341 e. The van der Waals surface area contributed by atoms with E-state index in [0.717, 1.165) is 28.5 Å². The van der Waals surface area contributed by atoms with Crippen LogP contribution in [0, 0.1) is 6.92 Å². The first-order valence-electron chi connectivity index (χ1n) is 12.3. The Labute approximate surface area is 221 Å². The molecular weight excluding hydrogens is 488 g/mol. The molecule has 37 heavy (non-hydrogen) atoms. The number of aromatic nitrogens is 1. The number of amides is 1. The van der Waals surface area contributed by atoms with Crippen LogP contribution < -0.4 is 14.8 Å². The summed E-state index contributed by atoms with van der Waals surface area (Å²) in [6.45, 7) is 8.73. The number of benzene rings is 2. The number of ether oxygens (including phenoxy) is 3. The van der Waals surface area contributed by atoms with Gasteiger partial charge in [0.15, 0.2) is 11.5 Å². The first-order chi connectivity index (χ1) is 17.9. The van der Waals surface area contributed by atoms with Crippen molar-refractivity contribution < 1.29 is 23.8 Å². The number of hydrogen-bond acceptors (Lipinski definition) is 6. The molecule has 2 heterocycles. The van der Waals surface area contributed by atoms with Crippen LogP contribution in [0.15, 0.2) is 41.8 Å². The fraction of sp³-hybridized carbons (Fsp3) is 0.310. The first-order valence-corrected chi connectivity index (χ1v) is 13.2. The van der Waals surface area contributed by atoms with E-state index in [0.29, 0.717) is 39.9 Å². The summed E-state index contributed by atoms with van der Waals surface area (Å²) >= 11 is 1.29. The Morgan fingerprint density at radius 3 is 2.41 bits per heavy atom. The first kappa shape index (κ1) is 26.3. The van der Waals surface area contributed by atoms with E-state index in [1.54, 1.807) is 33.3 Å². The minimum Gasteiger partial charge on any atom is -0.493 e. The van der Waals surface area contributed by atoms with E-state index < -0.39 is 5.97 Å². The van der Waals surface area contributed by atoms with Gasteiger partial charge in [0.2, 0.25) is 0 Å². The molecule has 8 heteroatoms. The Hall–Kier alpha value is -3.78. The normalized spacial score (nSPS) is 11.0. The van der Waals surface area contributed by atoms with Crippen LogP contribution in [0.2, 0.25) is 0 Å². The maximum atomic E-state index is 13.7. The second-order valence-electron chi connectivity index (χ2n) is 8.52. The summed E-state index contributed by atoms with van der Waals surface area (Å²) in [5.41, 5.74) is 5.46. The number of thiophene rings is 1. The average Bonchev–Trinajstić information content (AvgIpc) is 3.46. The van der Waals surface area contributed by atoms with E-state index in [9.17, 15) is 9.59 Å². The molecule has 4 rings (SSSR count). The summed E-state index contributed by atoms with van der Waals surface area (Å²) in [5.74, 6) is 0.368. The van der Waals surface area contributed by atoms with E-state index in [1.807, 2.05) is 29.9 Å². The Bertz CT molecular complexity index is 1470. The topological polar surface area (TPSA) is 78.8 Å². The number of carbonyl (C=O) groups excluding carboxylic acids is 2. The Kier molecular flexibility index (Phi) is 7.88. The summed E-state index contributed by atoms with van der Waals surface area (Å²) in [6, 6.07) is 11.8. The van der Waals surface area contributed by atoms with Crippen LogP contribution in [0.5, 0.6) is 11.5 Å². The van der Waals surface area contributed by atoms with Crippen molar-refractivity contribution in [1.82, 2.24) is 4.57 Å². The molecule has 0 saturated heterocycles. The third-order valence-electron chi connectivity index (χ3n) is 6.51. The Morgan fingerprint density at radius 2 is 1.76 bits per heavy atom. The van der Waals surface area contributed by atoms with Crippen LogP contribution >= 0.6 is 11.3 Å². The lowest BCUT2D eigenvalue weighted by Crippen LogP contribution is -2.19. The number of methoxy groups -OCH3 is 2. The largest absolute Gasteiger partial charge is 0.493 e. The van der Waals surface area contributed by atoms with Gasteiger partial charge in [0.05, 0.1) is 20.8 Å². The van der Waals surface area contributed by atoms with Crippen molar-refractivity contribution in [3.05, 3.63) is 64.2 Å². The zero-order valence-electron chi connectivity index (χ0n) is 22.1. The predicted octanol–water partition coefficient (Wildman–Crippen LogP) is 6.71. The zero-order valence-corrected chi connectivity index (χ0v) is 22.9. The summed E-state index contributed by atoms with van der Waals surface area (Å²) in [4.78, 5) is 26.8. The van der Waals surface area contributed by atoms with Gasteiger partial charge in [-0.2, -0.15) is 0 Å². The SMILES string of the molecule is CCOC(=O)c1c(-c2ccc(OC)c(OC)c2)csc1NC(=O)c1c(C)c2cc(CC)ccc2n1CC. The summed E-state index contributed by atoms with van der Waals surface area (Å²) in [6.07, 6.45) is 0.922. The molecule has 0 fully saturated rings. The fourth-order valence-corrected chi connectivity index (χ4v) is 5.60. The van der Waals surface area contributed by atoms with E-state index in [1.165, 1.54) is 16.9 Å². The number of esters is 1. The third kappa shape index (κ3) is 4.81. The van der Waals surface area contributed by atoms with Gasteiger partial charge in [0.25, 0.3) is 5.91 Å². The summed E-state index contributed by atoms with van der Waals surface area (Å²) in [7, 11) is 3.13. The highest BCUT2D eigenvalue weighted by atomic mass is 32.1. The lowest BCUT2D eigenvalue weighted by atomic mass is 10.0. The van der Waals surface area contributed by atoms with Gasteiger partial charge in [-0.1, -0.05) is 19.1 Å². The van der Waals surface area contributed by atoms with Gasteiger partial charge in [-0.05, 0) is 68.1 Å². The molecular formula is C29H32N2O5S. The average molecular weight is 521 g/mol. The number of anilines is 1. The third-order valence-corrected chi connectivity index (χ3v) is 7.41. The highest BCUT2D eigenvalue weighted by Crippen LogP contribution is 2.40. The molecule has 2 aromatic heterocycles. The van der Waals surface area contributed by atoms with Gasteiger partial charge in [-0.15, -0.1) is 11.3 Å². The molecule has 7 nitrogen and oxygen atoms in total. The molecule has 194 valence electrons. The van der Waals surface area contributed by atoms with E-state index >= 15 is 0 Å². The van der Waals surface area contributed by atoms with Crippen molar-refractivity contribution in [1.29, 1.82) is 0 Å². The molecule has 0 atom stereocenters. The van der Waals surface area contributed by atoms with E-state index in [2.05, 4.69) is 30.4 Å². The second kappa shape index (κ2) is 11.1. The standard InChI is InChI=1S/C29H32N2O5S/c1-7-18-10-12-22-20(14-18)17(4)26(31(22)8-2)27(32)30-28-25(29(33)36-9-3)21(16-37-28)19-11-13-23(34-5)24(15-19)35-6/h10-16H,7-9H2,1-6H3,(H,30,32). The van der Waals surface area contributed by atoms with Crippen LogP contribution in [0.3, 0.4) is 0 Å². The van der Waals surface area contributed by atoms with Crippen LogP contribution in [-0.2, 0) is 17.7 Å². The molecule has 0 radical (unpaired) electrons. The molecule has 2 aromatic carbocycles. The maximum Gasteiger partial charge on any atom is 0.341 e. The number of nitrogens with one attached hydrogen (secondary N) is 1. The van der Waals surface area contributed by atoms with Crippen molar-refractivity contribution in [3.63, 3.8) is 0 Å². The van der Waals surface area contributed by atoms with Crippen molar-refractivity contribution in [2.75, 3.05) is 26.1 Å². The molecule has 0 aliphatic carbocycles. The molecule has 1 N–H and O–H groups in total. The molecule has 0 aliphatic heterocycles. The number of aryl methyl sites for hydroxylation is 3. The number of fused-ring (bicyclic) bond motifs is 1. The Balaban J connectivity index is 1.79. The lowest BCUT2D eigenvalue weighted by Gasteiger charge is -2.12. The summed E-state index contributed by atoms with van der Waals surface area (Å²) < 4.78 is 18.2. The van der Waals surface area contributed by atoms with Gasteiger partial charge in [-0.25, -0.2) is 4.79 Å². The molecule has 0 unspecified atom stereocenters. The van der Waals surface area contributed by atoms with Crippen LogP contribution in [-0.4, -0.2) is 37.3 Å². The Morgan fingerprint density at radius 1 is 1.00 bits per heavy atom. The van der Waals surface area contributed by atoms with Crippen LogP contribution in [0.25, 0.3) is 22.0 Å². The second-order valence-corrected chi connectivity index (χ2v) is 9.40. The highest BCUT2D eigenvalue weighted by Gasteiger charge is 2.26. The molecule has 0 spiro atoms. The van der Waals surface area contributed by atoms with Gasteiger partial charge in [0, 0.05) is 28.4 Å². The van der Waals surface area contributed by atoms with Crippen molar-refractivity contribution in [2.24, 2.45) is 0 Å². The summed E-state index contributed by atoms with van der Waals surface area (Å²) in [5, 5.41) is 6.36. The number of carbonyl (C=O) groups is 2. The van der Waals surface area contributed by atoms with Gasteiger partial charge >= 0.3 is 5.97 Å². The predicted molar refractivity (Wildman–Crippen MR) is 148 cm³/mol. The minimum absolute atomic E-state index is 0.219. The van der Waals surface area contributed by atoms with Gasteiger partial charge < -0.3 is 24.1 Å². The van der Waals surface area contributed by atoms with Gasteiger partial charge in [-0.3, -0.25) is 4.79 Å². The molecule has 4 aromatic rings. The highest BCUT2D eigenvalue weighted by molar-refractivity contribution is 7.15. The van der Waals surface area contributed by atoms with Gasteiger partial charge in [0.1, 0.15) is 16.3 Å². The fourth-order valence-electron chi connectivity index (χ4n) is 4.64. The van der Waals surface area contributed by atoms with Crippen LogP contribution in [0.1, 0.15) is 52.7 Å². The lowest BCUT2D eigenvalue weighted by molar-refractivity contribution is 0.0529. The molecule has 0 saturated carbocycles. The number of nitrogens with zero attached hydrogens (tertiary/aromatic N) is 1. The molecule has 1 amide bonds. The van der Waals surface area contributed by atoms with Crippen molar-refractivity contribution in [3.8, 4) is 22.6 Å². The molecule has 0 aliphatic rings. The van der Waals surface area contributed by atoms with E-state index in [4.69, 9.17) is 14.2 Å². The van der Waals surface area contributed by atoms with Crippen LogP contribution in [0.4, 0.5) is 5.00 Å². The number of rotatable bonds is 9. The molecule has 0 bridgehead atoms. The quantitative estimate of drug-likeness (QED) is 0.248. The van der Waals surface area contributed by atoms with Crippen molar-refractivity contribution in [2.45, 2.75) is 40.7 Å². The zero-order chi connectivity index (χ0) is 26.7. The van der Waals surface area contributed by atoms with E-state index in [-0.39, 0.29) is 12.5 Å². The van der Waals surface area contributed by atoms with Crippen molar-refractivity contribution >= 4 is 39.1 Å².